The van der Waals surface area contributed by atoms with Crippen molar-refractivity contribution in [1.82, 2.24) is 10.3 Å². The Labute approximate surface area is 139 Å². The number of rotatable bonds is 3. The number of carbonyl (C=O) groups is 1. The van der Waals surface area contributed by atoms with Gasteiger partial charge in [-0.05, 0) is 24.3 Å². The van der Waals surface area contributed by atoms with Crippen LogP contribution in [0.3, 0.4) is 0 Å². The first-order valence-electron chi connectivity index (χ1n) is 7.28. The molecule has 2 aromatic rings. The molecular weight excluding hydrogens is 330 g/mol. The summed E-state index contributed by atoms with van der Waals surface area (Å²) in [6, 6.07) is 6.44. The second-order valence-electron chi connectivity index (χ2n) is 5.87. The van der Waals surface area contributed by atoms with Crippen molar-refractivity contribution in [2.24, 2.45) is 0 Å². The van der Waals surface area contributed by atoms with E-state index < -0.39 is 21.8 Å². The highest BCUT2D eigenvalue weighted by molar-refractivity contribution is 7.94. The van der Waals surface area contributed by atoms with E-state index in [0.717, 1.165) is 11.1 Å². The molecule has 0 fully saturated rings. The molecular formula is C16H17N3O4S. The third-order valence-electron chi connectivity index (χ3n) is 3.79. The SMILES string of the molecule is CN(C)c1ccc2cc(C(=O)NC3C=CS(=O)(=O)C3)c(O)nc2c1. The second-order valence-corrected chi connectivity index (χ2v) is 7.80. The average molecular weight is 347 g/mol. The van der Waals surface area contributed by atoms with Crippen molar-refractivity contribution in [2.75, 3.05) is 24.7 Å². The molecule has 1 atom stereocenters. The number of fused-ring (bicyclic) bond motifs is 1. The molecule has 3 rings (SSSR count). The van der Waals surface area contributed by atoms with Crippen LogP contribution in [0, 0.1) is 0 Å². The molecule has 0 saturated carbocycles. The highest BCUT2D eigenvalue weighted by Gasteiger charge is 2.24. The molecule has 24 heavy (non-hydrogen) atoms. The molecule has 126 valence electrons. The Morgan fingerprint density at radius 3 is 2.71 bits per heavy atom. The molecule has 0 saturated heterocycles. The van der Waals surface area contributed by atoms with E-state index in [0.29, 0.717) is 10.9 Å². The number of sulfone groups is 1. The van der Waals surface area contributed by atoms with Gasteiger partial charge in [0.1, 0.15) is 5.56 Å². The number of hydrogen-bond acceptors (Lipinski definition) is 6. The quantitative estimate of drug-likeness (QED) is 0.861. The lowest BCUT2D eigenvalue weighted by Crippen LogP contribution is -2.35. The summed E-state index contributed by atoms with van der Waals surface area (Å²) in [5.41, 5.74) is 1.50. The van der Waals surface area contributed by atoms with Gasteiger partial charge in [0.2, 0.25) is 5.88 Å². The lowest BCUT2D eigenvalue weighted by molar-refractivity contribution is 0.0944. The summed E-state index contributed by atoms with van der Waals surface area (Å²) in [4.78, 5) is 18.3. The lowest BCUT2D eigenvalue weighted by atomic mass is 10.1. The van der Waals surface area contributed by atoms with Gasteiger partial charge in [-0.1, -0.05) is 6.07 Å². The zero-order valence-corrected chi connectivity index (χ0v) is 14.0. The molecule has 1 unspecified atom stereocenters. The number of aromatic hydroxyl groups is 1. The first-order valence-corrected chi connectivity index (χ1v) is 9.00. The van der Waals surface area contributed by atoms with Crippen LogP contribution in [-0.2, 0) is 9.84 Å². The Hall–Kier alpha value is -2.61. The van der Waals surface area contributed by atoms with Gasteiger partial charge in [0.25, 0.3) is 5.91 Å². The molecule has 0 spiro atoms. The van der Waals surface area contributed by atoms with Crippen molar-refractivity contribution in [2.45, 2.75) is 6.04 Å². The van der Waals surface area contributed by atoms with Crippen LogP contribution in [0.15, 0.2) is 35.7 Å². The highest BCUT2D eigenvalue weighted by Crippen LogP contribution is 2.25. The van der Waals surface area contributed by atoms with E-state index in [4.69, 9.17) is 0 Å². The third kappa shape index (κ3) is 3.18. The topological polar surface area (TPSA) is 99.6 Å². The number of carbonyl (C=O) groups excluding carboxylic acids is 1. The van der Waals surface area contributed by atoms with Crippen LogP contribution in [-0.4, -0.2) is 50.3 Å². The molecule has 1 amide bonds. The van der Waals surface area contributed by atoms with E-state index in [1.54, 1.807) is 6.07 Å². The van der Waals surface area contributed by atoms with E-state index in [-0.39, 0.29) is 17.2 Å². The van der Waals surface area contributed by atoms with Crippen LogP contribution in [0.2, 0.25) is 0 Å². The smallest absolute Gasteiger partial charge is 0.257 e. The van der Waals surface area contributed by atoms with E-state index >= 15 is 0 Å². The maximum Gasteiger partial charge on any atom is 0.257 e. The summed E-state index contributed by atoms with van der Waals surface area (Å²) >= 11 is 0. The van der Waals surface area contributed by atoms with Gasteiger partial charge < -0.3 is 15.3 Å². The van der Waals surface area contributed by atoms with Crippen molar-refractivity contribution in [3.8, 4) is 5.88 Å². The van der Waals surface area contributed by atoms with Crippen LogP contribution >= 0.6 is 0 Å². The summed E-state index contributed by atoms with van der Waals surface area (Å²) in [5.74, 6) is -1.13. The summed E-state index contributed by atoms with van der Waals surface area (Å²) in [7, 11) is 0.531. The number of nitrogens with zero attached hydrogens (tertiary/aromatic N) is 2. The van der Waals surface area contributed by atoms with Gasteiger partial charge in [-0.3, -0.25) is 4.79 Å². The van der Waals surface area contributed by atoms with Crippen LogP contribution in [0.4, 0.5) is 5.69 Å². The minimum Gasteiger partial charge on any atom is -0.493 e. The van der Waals surface area contributed by atoms with Crippen LogP contribution in [0.5, 0.6) is 5.88 Å². The number of amides is 1. The Kier molecular flexibility index (Phi) is 3.92. The van der Waals surface area contributed by atoms with E-state index in [1.165, 1.54) is 6.08 Å². The van der Waals surface area contributed by atoms with Crippen molar-refractivity contribution in [3.63, 3.8) is 0 Å². The molecule has 1 aliphatic heterocycles. The van der Waals surface area contributed by atoms with E-state index in [9.17, 15) is 18.3 Å². The molecule has 2 N–H and O–H groups in total. The standard InChI is InChI=1S/C16H17N3O4S/c1-19(2)12-4-3-10-7-13(16(21)18-14(10)8-12)15(20)17-11-5-6-24(22,23)9-11/h3-8,11H,9H2,1-2H3,(H,17,20)(H,18,21). The van der Waals surface area contributed by atoms with Crippen molar-refractivity contribution >= 4 is 32.3 Å². The fourth-order valence-corrected chi connectivity index (χ4v) is 3.74. The van der Waals surface area contributed by atoms with E-state index in [1.807, 2.05) is 37.2 Å². The van der Waals surface area contributed by atoms with Gasteiger partial charge in [0, 0.05) is 30.6 Å². The van der Waals surface area contributed by atoms with Crippen molar-refractivity contribution in [3.05, 3.63) is 41.3 Å². The Morgan fingerprint density at radius 2 is 2.08 bits per heavy atom. The Bertz CT molecular complexity index is 951. The molecule has 1 aliphatic rings. The molecule has 0 aliphatic carbocycles. The fraction of sp³-hybridized carbons (Fsp3) is 0.250. The normalized spacial score (nSPS) is 18.7. The van der Waals surface area contributed by atoms with Crippen LogP contribution < -0.4 is 10.2 Å². The first kappa shape index (κ1) is 16.3. The van der Waals surface area contributed by atoms with Gasteiger partial charge in [-0.25, -0.2) is 13.4 Å². The van der Waals surface area contributed by atoms with Gasteiger partial charge in [0.15, 0.2) is 9.84 Å². The van der Waals surface area contributed by atoms with Crippen molar-refractivity contribution < 1.29 is 18.3 Å². The van der Waals surface area contributed by atoms with Crippen LogP contribution in [0.1, 0.15) is 10.4 Å². The van der Waals surface area contributed by atoms with Gasteiger partial charge in [-0.15, -0.1) is 0 Å². The lowest BCUT2D eigenvalue weighted by Gasteiger charge is -2.14. The summed E-state index contributed by atoms with van der Waals surface area (Å²) < 4.78 is 22.8. The first-order chi connectivity index (χ1) is 11.2. The zero-order valence-electron chi connectivity index (χ0n) is 13.2. The van der Waals surface area contributed by atoms with Crippen molar-refractivity contribution in [1.29, 1.82) is 0 Å². The molecule has 2 heterocycles. The minimum absolute atomic E-state index is 0.0119. The molecule has 1 aromatic heterocycles. The maximum atomic E-state index is 12.3. The van der Waals surface area contributed by atoms with Gasteiger partial charge in [0.05, 0.1) is 17.3 Å². The number of pyridine rings is 1. The minimum atomic E-state index is -3.26. The second kappa shape index (κ2) is 5.79. The molecule has 8 heteroatoms. The predicted molar refractivity (Wildman–Crippen MR) is 91.9 cm³/mol. The monoisotopic (exact) mass is 347 g/mol. The number of hydrogen-bond donors (Lipinski definition) is 2. The van der Waals surface area contributed by atoms with Crippen LogP contribution in [0.25, 0.3) is 10.9 Å². The van der Waals surface area contributed by atoms with Gasteiger partial charge in [-0.2, -0.15) is 0 Å². The molecule has 0 bridgehead atoms. The van der Waals surface area contributed by atoms with E-state index in [2.05, 4.69) is 10.3 Å². The average Bonchev–Trinajstić information content (AvgIpc) is 2.84. The Balaban J connectivity index is 1.89. The summed E-state index contributed by atoms with van der Waals surface area (Å²) in [5, 5.41) is 14.4. The summed E-state index contributed by atoms with van der Waals surface area (Å²) in [6.45, 7) is 0. The number of aromatic nitrogens is 1. The largest absolute Gasteiger partial charge is 0.493 e. The number of anilines is 1. The number of benzene rings is 1. The molecule has 7 nitrogen and oxygen atoms in total. The van der Waals surface area contributed by atoms with Gasteiger partial charge >= 0.3 is 0 Å². The highest BCUT2D eigenvalue weighted by atomic mass is 32.2. The molecule has 1 aromatic carbocycles. The summed E-state index contributed by atoms with van der Waals surface area (Å²) in [6.07, 6.45) is 1.42. The Morgan fingerprint density at radius 1 is 1.33 bits per heavy atom. The predicted octanol–water partition coefficient (Wildman–Crippen LogP) is 1.05. The zero-order chi connectivity index (χ0) is 17.5. The fourth-order valence-electron chi connectivity index (χ4n) is 2.50. The third-order valence-corrected chi connectivity index (χ3v) is 5.18. The maximum absolute atomic E-state index is 12.3. The number of nitrogens with one attached hydrogen (secondary N) is 1. The molecule has 0 radical (unpaired) electrons.